The standard InChI is InChI=1S/C14H21NO/c1-9(2)12-7-10(3)11(4)13(8-12)14(16)5-6-15/h7-9H,5-6,15H2,1-4H3. The summed E-state index contributed by atoms with van der Waals surface area (Å²) in [5.74, 6) is 0.606. The van der Waals surface area contributed by atoms with Crippen molar-refractivity contribution in [2.24, 2.45) is 5.73 Å². The summed E-state index contributed by atoms with van der Waals surface area (Å²) in [6, 6.07) is 4.18. The van der Waals surface area contributed by atoms with Crippen LogP contribution >= 0.6 is 0 Å². The predicted octanol–water partition coefficient (Wildman–Crippen LogP) is 2.96. The first kappa shape index (κ1) is 12.9. The number of hydrogen-bond acceptors (Lipinski definition) is 2. The van der Waals surface area contributed by atoms with Crippen LogP contribution < -0.4 is 5.73 Å². The lowest BCUT2D eigenvalue weighted by molar-refractivity contribution is 0.0984. The summed E-state index contributed by atoms with van der Waals surface area (Å²) in [6.45, 7) is 8.76. The van der Waals surface area contributed by atoms with Crippen molar-refractivity contribution >= 4 is 5.78 Å². The van der Waals surface area contributed by atoms with E-state index in [1.54, 1.807) is 0 Å². The molecule has 1 aromatic carbocycles. The van der Waals surface area contributed by atoms with Gasteiger partial charge in [-0.1, -0.05) is 19.9 Å². The molecule has 0 heterocycles. The third kappa shape index (κ3) is 2.70. The summed E-state index contributed by atoms with van der Waals surface area (Å²) >= 11 is 0. The van der Waals surface area contributed by atoms with E-state index in [0.717, 1.165) is 11.1 Å². The molecule has 0 amide bonds. The third-order valence-electron chi connectivity index (χ3n) is 3.03. The summed E-state index contributed by atoms with van der Waals surface area (Å²) in [7, 11) is 0. The zero-order chi connectivity index (χ0) is 12.3. The van der Waals surface area contributed by atoms with Crippen LogP contribution in [0.2, 0.25) is 0 Å². The zero-order valence-corrected chi connectivity index (χ0v) is 10.6. The van der Waals surface area contributed by atoms with Crippen LogP contribution in [0.4, 0.5) is 0 Å². The van der Waals surface area contributed by atoms with Crippen molar-refractivity contribution in [1.29, 1.82) is 0 Å². The van der Waals surface area contributed by atoms with E-state index >= 15 is 0 Å². The van der Waals surface area contributed by atoms with Crippen LogP contribution in [0.3, 0.4) is 0 Å². The summed E-state index contributed by atoms with van der Waals surface area (Å²) in [5.41, 5.74) is 9.77. The van der Waals surface area contributed by atoms with E-state index < -0.39 is 0 Å². The second kappa shape index (κ2) is 5.26. The van der Waals surface area contributed by atoms with Crippen molar-refractivity contribution < 1.29 is 4.79 Å². The molecule has 0 aliphatic heterocycles. The van der Waals surface area contributed by atoms with Gasteiger partial charge in [-0.25, -0.2) is 0 Å². The highest BCUT2D eigenvalue weighted by Gasteiger charge is 2.12. The van der Waals surface area contributed by atoms with Gasteiger partial charge in [-0.2, -0.15) is 0 Å². The van der Waals surface area contributed by atoms with Gasteiger partial charge in [-0.15, -0.1) is 0 Å². The number of carbonyl (C=O) groups is 1. The molecule has 16 heavy (non-hydrogen) atoms. The first-order valence-electron chi connectivity index (χ1n) is 5.81. The Morgan fingerprint density at radius 1 is 1.31 bits per heavy atom. The fourth-order valence-electron chi connectivity index (χ4n) is 1.78. The van der Waals surface area contributed by atoms with Crippen LogP contribution in [0.15, 0.2) is 12.1 Å². The molecule has 0 spiro atoms. The molecule has 0 saturated carbocycles. The SMILES string of the molecule is Cc1cc(C(C)C)cc(C(=O)CCN)c1C. The van der Waals surface area contributed by atoms with Crippen molar-refractivity contribution in [3.05, 3.63) is 34.4 Å². The molecule has 0 bridgehead atoms. The van der Waals surface area contributed by atoms with Crippen LogP contribution in [0.5, 0.6) is 0 Å². The summed E-state index contributed by atoms with van der Waals surface area (Å²) in [6.07, 6.45) is 0.432. The molecule has 0 atom stereocenters. The summed E-state index contributed by atoms with van der Waals surface area (Å²) < 4.78 is 0. The topological polar surface area (TPSA) is 43.1 Å². The van der Waals surface area contributed by atoms with Gasteiger partial charge in [0.2, 0.25) is 0 Å². The smallest absolute Gasteiger partial charge is 0.164 e. The second-order valence-corrected chi connectivity index (χ2v) is 4.63. The molecule has 0 aliphatic carbocycles. The fourth-order valence-corrected chi connectivity index (χ4v) is 1.78. The second-order valence-electron chi connectivity index (χ2n) is 4.63. The van der Waals surface area contributed by atoms with Crippen LogP contribution in [0, 0.1) is 13.8 Å². The number of rotatable bonds is 4. The normalized spacial score (nSPS) is 10.9. The minimum atomic E-state index is 0.158. The van der Waals surface area contributed by atoms with Gasteiger partial charge in [0.1, 0.15) is 0 Å². The minimum Gasteiger partial charge on any atom is -0.330 e. The number of ketones is 1. The van der Waals surface area contributed by atoms with Gasteiger partial charge < -0.3 is 5.73 Å². The van der Waals surface area contributed by atoms with Crippen LogP contribution in [-0.4, -0.2) is 12.3 Å². The maximum absolute atomic E-state index is 11.9. The lowest BCUT2D eigenvalue weighted by Crippen LogP contribution is -2.11. The minimum absolute atomic E-state index is 0.158. The van der Waals surface area contributed by atoms with Crippen molar-refractivity contribution in [2.45, 2.75) is 40.0 Å². The molecular formula is C14H21NO. The number of hydrogen-bond donors (Lipinski definition) is 1. The van der Waals surface area contributed by atoms with Gasteiger partial charge in [0.05, 0.1) is 0 Å². The van der Waals surface area contributed by atoms with Crippen molar-refractivity contribution in [1.82, 2.24) is 0 Å². The van der Waals surface area contributed by atoms with Crippen LogP contribution in [-0.2, 0) is 0 Å². The Morgan fingerprint density at radius 2 is 1.94 bits per heavy atom. The zero-order valence-electron chi connectivity index (χ0n) is 10.6. The van der Waals surface area contributed by atoms with E-state index in [9.17, 15) is 4.79 Å². The Kier molecular flexibility index (Phi) is 4.25. The average molecular weight is 219 g/mol. The number of nitrogens with two attached hydrogens (primary N) is 1. The Bertz CT molecular complexity index is 394. The molecule has 0 fully saturated rings. The molecule has 2 N–H and O–H groups in total. The van der Waals surface area contributed by atoms with Crippen molar-refractivity contribution in [3.63, 3.8) is 0 Å². The lowest BCUT2D eigenvalue weighted by atomic mass is 9.91. The first-order chi connectivity index (χ1) is 7.47. The maximum Gasteiger partial charge on any atom is 0.164 e. The Labute approximate surface area is 97.9 Å². The number of Topliss-reactive ketones (excluding diaryl/α,β-unsaturated/α-hetero) is 1. The average Bonchev–Trinajstić information content (AvgIpc) is 2.21. The van der Waals surface area contributed by atoms with Gasteiger partial charge in [0, 0.05) is 12.0 Å². The Morgan fingerprint density at radius 3 is 2.44 bits per heavy atom. The highest BCUT2D eigenvalue weighted by molar-refractivity contribution is 5.98. The number of carbonyl (C=O) groups excluding carboxylic acids is 1. The molecule has 0 radical (unpaired) electrons. The maximum atomic E-state index is 11.9. The monoisotopic (exact) mass is 219 g/mol. The van der Waals surface area contributed by atoms with Gasteiger partial charge >= 0.3 is 0 Å². The lowest BCUT2D eigenvalue weighted by Gasteiger charge is -2.13. The fraction of sp³-hybridized carbons (Fsp3) is 0.500. The molecular weight excluding hydrogens is 198 g/mol. The van der Waals surface area contributed by atoms with Gasteiger partial charge in [0.25, 0.3) is 0 Å². The molecule has 1 rings (SSSR count). The largest absolute Gasteiger partial charge is 0.330 e. The highest BCUT2D eigenvalue weighted by Crippen LogP contribution is 2.23. The third-order valence-corrected chi connectivity index (χ3v) is 3.03. The van der Waals surface area contributed by atoms with E-state index in [1.807, 2.05) is 13.0 Å². The van der Waals surface area contributed by atoms with Gasteiger partial charge in [0.15, 0.2) is 5.78 Å². The number of benzene rings is 1. The van der Waals surface area contributed by atoms with Gasteiger partial charge in [-0.3, -0.25) is 4.79 Å². The van der Waals surface area contributed by atoms with Crippen LogP contribution in [0.25, 0.3) is 0 Å². The highest BCUT2D eigenvalue weighted by atomic mass is 16.1. The van der Waals surface area contributed by atoms with E-state index in [1.165, 1.54) is 11.1 Å². The Balaban J connectivity index is 3.21. The molecule has 2 nitrogen and oxygen atoms in total. The molecule has 88 valence electrons. The molecule has 0 aliphatic rings. The molecule has 2 heteroatoms. The van der Waals surface area contributed by atoms with Gasteiger partial charge in [-0.05, 0) is 49.1 Å². The van der Waals surface area contributed by atoms with E-state index in [4.69, 9.17) is 5.73 Å². The molecule has 0 saturated heterocycles. The molecule has 0 unspecified atom stereocenters. The molecule has 0 aromatic heterocycles. The predicted molar refractivity (Wildman–Crippen MR) is 68.0 cm³/mol. The van der Waals surface area contributed by atoms with E-state index in [0.29, 0.717) is 18.9 Å². The summed E-state index contributed by atoms with van der Waals surface area (Å²) in [4.78, 5) is 11.9. The number of aryl methyl sites for hydroxylation is 1. The Hall–Kier alpha value is -1.15. The first-order valence-corrected chi connectivity index (χ1v) is 5.81. The molecule has 1 aromatic rings. The van der Waals surface area contributed by atoms with E-state index in [-0.39, 0.29) is 5.78 Å². The summed E-state index contributed by atoms with van der Waals surface area (Å²) in [5, 5.41) is 0. The van der Waals surface area contributed by atoms with Crippen molar-refractivity contribution in [2.75, 3.05) is 6.54 Å². The van der Waals surface area contributed by atoms with Crippen LogP contribution in [0.1, 0.15) is 53.2 Å². The quantitative estimate of drug-likeness (QED) is 0.791. The van der Waals surface area contributed by atoms with E-state index in [2.05, 4.69) is 26.8 Å². The van der Waals surface area contributed by atoms with Crippen molar-refractivity contribution in [3.8, 4) is 0 Å².